The second-order valence-corrected chi connectivity index (χ2v) is 8.93. The molecule has 7 nitrogen and oxygen atoms in total. The number of nitro benzene ring substituents is 1. The van der Waals surface area contributed by atoms with Crippen molar-refractivity contribution in [2.45, 2.75) is 19.9 Å². The fraction of sp³-hybridized carbons (Fsp3) is 0.120. The van der Waals surface area contributed by atoms with Crippen LogP contribution >= 0.6 is 15.9 Å². The number of amides is 1. The van der Waals surface area contributed by atoms with Crippen molar-refractivity contribution in [3.05, 3.63) is 113 Å². The number of halogens is 1. The molecule has 0 fully saturated rings. The Morgan fingerprint density at radius 3 is 2.36 bits per heavy atom. The molecule has 0 saturated heterocycles. The fourth-order valence-corrected chi connectivity index (χ4v) is 4.54. The molecule has 4 aromatic rings. The number of nitrogens with zero attached hydrogens (tertiary/aromatic N) is 2. The van der Waals surface area contributed by atoms with Crippen molar-refractivity contribution in [2.24, 2.45) is 0 Å². The number of fused-ring (bicyclic) bond motifs is 2. The zero-order chi connectivity index (χ0) is 23.4. The third-order valence-corrected chi connectivity index (χ3v) is 6.51. The van der Waals surface area contributed by atoms with Crippen molar-refractivity contribution in [3.63, 3.8) is 0 Å². The van der Waals surface area contributed by atoms with E-state index >= 15 is 0 Å². The van der Waals surface area contributed by atoms with Crippen LogP contribution in [0.5, 0.6) is 0 Å². The van der Waals surface area contributed by atoms with E-state index in [9.17, 15) is 19.7 Å². The van der Waals surface area contributed by atoms with Crippen LogP contribution in [0.25, 0.3) is 11.0 Å². The van der Waals surface area contributed by atoms with E-state index in [1.165, 1.54) is 17.0 Å². The molecule has 1 unspecified atom stereocenters. The van der Waals surface area contributed by atoms with E-state index in [0.717, 1.165) is 11.1 Å². The van der Waals surface area contributed by atoms with Crippen LogP contribution in [0.2, 0.25) is 0 Å². The van der Waals surface area contributed by atoms with Gasteiger partial charge < -0.3 is 4.42 Å². The van der Waals surface area contributed by atoms with Gasteiger partial charge in [0, 0.05) is 22.3 Å². The summed E-state index contributed by atoms with van der Waals surface area (Å²) in [6.07, 6.45) is 0. The number of non-ortho nitro benzene ring substituents is 1. The Balaban J connectivity index is 1.79. The van der Waals surface area contributed by atoms with Crippen molar-refractivity contribution in [1.29, 1.82) is 0 Å². The van der Waals surface area contributed by atoms with E-state index in [2.05, 4.69) is 15.9 Å². The van der Waals surface area contributed by atoms with Crippen LogP contribution in [0.4, 0.5) is 11.4 Å². The standard InChI is InChI=1S/C25H17BrN2O5/c1-13-3-7-18(11-14(13)2)27-22(15-4-8-17(9-5-15)28(31)32)21-23(29)19-12-16(26)6-10-20(19)33-24(21)25(27)30/h3-12,22H,1-2H3. The lowest BCUT2D eigenvalue weighted by Crippen LogP contribution is -2.29. The van der Waals surface area contributed by atoms with Crippen molar-refractivity contribution in [2.75, 3.05) is 4.90 Å². The van der Waals surface area contributed by atoms with Gasteiger partial charge in [-0.1, -0.05) is 22.0 Å². The number of benzene rings is 3. The number of hydrogen-bond donors (Lipinski definition) is 0. The first-order valence-electron chi connectivity index (χ1n) is 10.2. The van der Waals surface area contributed by atoms with Gasteiger partial charge in [0.15, 0.2) is 5.43 Å². The molecule has 1 aliphatic rings. The first-order valence-corrected chi connectivity index (χ1v) is 11.0. The molecule has 1 aliphatic heterocycles. The summed E-state index contributed by atoms with van der Waals surface area (Å²) in [6, 6.07) is 15.8. The van der Waals surface area contributed by atoms with Crippen LogP contribution in [0.15, 0.2) is 74.3 Å². The molecular weight excluding hydrogens is 488 g/mol. The minimum Gasteiger partial charge on any atom is -0.450 e. The molecule has 2 heterocycles. The van der Waals surface area contributed by atoms with Crippen molar-refractivity contribution in [1.82, 2.24) is 0 Å². The Bertz CT molecular complexity index is 1520. The maximum Gasteiger partial charge on any atom is 0.295 e. The van der Waals surface area contributed by atoms with Crippen LogP contribution in [-0.4, -0.2) is 10.8 Å². The molecule has 33 heavy (non-hydrogen) atoms. The van der Waals surface area contributed by atoms with Crippen molar-refractivity contribution >= 4 is 44.2 Å². The molecule has 0 saturated carbocycles. The Kier molecular flexibility index (Phi) is 4.90. The molecule has 0 spiro atoms. The summed E-state index contributed by atoms with van der Waals surface area (Å²) in [7, 11) is 0. The van der Waals surface area contributed by atoms with Gasteiger partial charge >= 0.3 is 0 Å². The topological polar surface area (TPSA) is 93.7 Å². The van der Waals surface area contributed by atoms with Crippen molar-refractivity contribution < 1.29 is 14.1 Å². The Morgan fingerprint density at radius 2 is 1.70 bits per heavy atom. The number of carbonyl (C=O) groups excluding carboxylic acids is 1. The highest BCUT2D eigenvalue weighted by Crippen LogP contribution is 2.42. The molecule has 0 bridgehead atoms. The highest BCUT2D eigenvalue weighted by Gasteiger charge is 2.43. The van der Waals surface area contributed by atoms with Gasteiger partial charge in [-0.15, -0.1) is 0 Å². The van der Waals surface area contributed by atoms with E-state index in [4.69, 9.17) is 4.42 Å². The number of nitro groups is 1. The molecule has 0 radical (unpaired) electrons. The minimum atomic E-state index is -0.782. The monoisotopic (exact) mass is 504 g/mol. The molecule has 1 amide bonds. The lowest BCUT2D eigenvalue weighted by Gasteiger charge is -2.25. The summed E-state index contributed by atoms with van der Waals surface area (Å²) in [5.41, 5.74) is 3.41. The first kappa shape index (κ1) is 21.1. The maximum atomic E-state index is 13.6. The van der Waals surface area contributed by atoms with Crippen LogP contribution in [0, 0.1) is 24.0 Å². The molecule has 5 rings (SSSR count). The van der Waals surface area contributed by atoms with E-state index in [-0.39, 0.29) is 22.4 Å². The van der Waals surface area contributed by atoms with Gasteiger partial charge in [-0.2, -0.15) is 0 Å². The maximum absolute atomic E-state index is 13.6. The second-order valence-electron chi connectivity index (χ2n) is 8.01. The van der Waals surface area contributed by atoms with Gasteiger partial charge in [-0.25, -0.2) is 0 Å². The smallest absolute Gasteiger partial charge is 0.295 e. The Hall–Kier alpha value is -3.78. The highest BCUT2D eigenvalue weighted by molar-refractivity contribution is 9.10. The fourth-order valence-electron chi connectivity index (χ4n) is 4.18. The summed E-state index contributed by atoms with van der Waals surface area (Å²) in [6.45, 7) is 3.92. The predicted octanol–water partition coefficient (Wildman–Crippen LogP) is 5.83. The van der Waals surface area contributed by atoms with Gasteiger partial charge in [-0.05, 0) is 73.0 Å². The quantitative estimate of drug-likeness (QED) is 0.258. The molecule has 1 aromatic heterocycles. The predicted molar refractivity (Wildman–Crippen MR) is 128 cm³/mol. The molecule has 3 aromatic carbocycles. The first-order chi connectivity index (χ1) is 15.8. The van der Waals surface area contributed by atoms with Gasteiger partial charge in [0.2, 0.25) is 5.76 Å². The summed E-state index contributed by atoms with van der Waals surface area (Å²) < 4.78 is 6.66. The largest absolute Gasteiger partial charge is 0.450 e. The highest BCUT2D eigenvalue weighted by atomic mass is 79.9. The van der Waals surface area contributed by atoms with Crippen LogP contribution in [-0.2, 0) is 0 Å². The lowest BCUT2D eigenvalue weighted by molar-refractivity contribution is -0.384. The third-order valence-electron chi connectivity index (χ3n) is 6.02. The van der Waals surface area contributed by atoms with Gasteiger partial charge in [-0.3, -0.25) is 24.6 Å². The van der Waals surface area contributed by atoms with Crippen LogP contribution in [0.1, 0.15) is 38.9 Å². The molecule has 164 valence electrons. The normalized spacial score (nSPS) is 15.2. The Labute approximate surface area is 196 Å². The molecule has 0 N–H and O–H groups in total. The summed E-state index contributed by atoms with van der Waals surface area (Å²) in [5, 5.41) is 11.5. The third kappa shape index (κ3) is 3.34. The summed E-state index contributed by atoms with van der Waals surface area (Å²) in [4.78, 5) is 39.4. The Morgan fingerprint density at radius 1 is 0.970 bits per heavy atom. The van der Waals surface area contributed by atoms with Gasteiger partial charge in [0.1, 0.15) is 5.58 Å². The average molecular weight is 505 g/mol. The number of carbonyl (C=O) groups is 1. The van der Waals surface area contributed by atoms with Crippen molar-refractivity contribution in [3.8, 4) is 0 Å². The number of aryl methyl sites for hydroxylation is 2. The number of anilines is 1. The summed E-state index contributed by atoms with van der Waals surface area (Å²) in [5.74, 6) is -0.449. The molecule has 1 atom stereocenters. The van der Waals surface area contributed by atoms with E-state index in [1.54, 1.807) is 30.3 Å². The SMILES string of the molecule is Cc1ccc(N2C(=O)c3oc4ccc(Br)cc4c(=O)c3C2c2ccc([N+](=O)[O-])cc2)cc1C. The van der Waals surface area contributed by atoms with Crippen LogP contribution in [0.3, 0.4) is 0 Å². The summed E-state index contributed by atoms with van der Waals surface area (Å²) >= 11 is 3.38. The number of hydrogen-bond acceptors (Lipinski definition) is 5. The lowest BCUT2D eigenvalue weighted by atomic mass is 9.97. The zero-order valence-corrected chi connectivity index (χ0v) is 19.3. The second kappa shape index (κ2) is 7.67. The molecule has 0 aliphatic carbocycles. The average Bonchev–Trinajstić information content (AvgIpc) is 3.09. The molecule has 8 heteroatoms. The molecular formula is C25H17BrN2O5. The van der Waals surface area contributed by atoms with Crippen LogP contribution < -0.4 is 10.3 Å². The van der Waals surface area contributed by atoms with E-state index < -0.39 is 16.9 Å². The van der Waals surface area contributed by atoms with E-state index in [0.29, 0.717) is 26.7 Å². The minimum absolute atomic E-state index is 0.0172. The van der Waals surface area contributed by atoms with Gasteiger partial charge in [0.25, 0.3) is 11.6 Å². The zero-order valence-electron chi connectivity index (χ0n) is 17.7. The van der Waals surface area contributed by atoms with E-state index in [1.807, 2.05) is 32.0 Å². The van der Waals surface area contributed by atoms with Gasteiger partial charge in [0.05, 0.1) is 21.9 Å². The number of rotatable bonds is 3.